The third-order valence-electron chi connectivity index (χ3n) is 3.98. The first kappa shape index (κ1) is 16.1. The van der Waals surface area contributed by atoms with Crippen LogP contribution in [0.4, 0.5) is 0 Å². The summed E-state index contributed by atoms with van der Waals surface area (Å²) in [5.41, 5.74) is 4.11. The zero-order valence-electron chi connectivity index (χ0n) is 13.9. The van der Waals surface area contributed by atoms with E-state index in [0.29, 0.717) is 17.8 Å². The molecule has 124 valence electrons. The molecule has 0 spiro atoms. The number of H-pyrrole nitrogens is 1. The van der Waals surface area contributed by atoms with Gasteiger partial charge in [0.2, 0.25) is 0 Å². The number of carbonyl (C=O) groups excluding carboxylic acids is 1. The van der Waals surface area contributed by atoms with Gasteiger partial charge >= 0.3 is 0 Å². The summed E-state index contributed by atoms with van der Waals surface area (Å²) in [4.78, 5) is 17.2. The molecule has 24 heavy (non-hydrogen) atoms. The number of hydrogen-bond donors (Lipinski definition) is 3. The van der Waals surface area contributed by atoms with Gasteiger partial charge in [0, 0.05) is 12.1 Å². The van der Waals surface area contributed by atoms with Crippen LogP contribution < -0.4 is 10.6 Å². The summed E-state index contributed by atoms with van der Waals surface area (Å²) in [6.07, 6.45) is 2.53. The molecule has 0 radical (unpaired) electrons. The van der Waals surface area contributed by atoms with E-state index in [1.807, 2.05) is 44.3 Å². The van der Waals surface area contributed by atoms with E-state index in [2.05, 4.69) is 25.8 Å². The second-order valence-corrected chi connectivity index (χ2v) is 5.72. The van der Waals surface area contributed by atoms with E-state index in [1.165, 1.54) is 0 Å². The van der Waals surface area contributed by atoms with Gasteiger partial charge in [-0.25, -0.2) is 4.98 Å². The van der Waals surface area contributed by atoms with Crippen molar-refractivity contribution in [1.82, 2.24) is 25.8 Å². The van der Waals surface area contributed by atoms with Crippen LogP contribution in [0.15, 0.2) is 36.5 Å². The Balaban J connectivity index is 1.96. The number of aryl methyl sites for hydroxylation is 1. The van der Waals surface area contributed by atoms with Gasteiger partial charge in [0.25, 0.3) is 5.91 Å². The number of amides is 1. The zero-order valence-corrected chi connectivity index (χ0v) is 13.9. The maximum absolute atomic E-state index is 12.6. The van der Waals surface area contributed by atoms with Crippen LogP contribution in [0, 0.1) is 6.92 Å². The summed E-state index contributed by atoms with van der Waals surface area (Å²) in [5.74, 6) is -0.102. The van der Waals surface area contributed by atoms with E-state index in [1.54, 1.807) is 6.20 Å². The molecule has 0 atom stereocenters. The van der Waals surface area contributed by atoms with Crippen molar-refractivity contribution < 1.29 is 4.79 Å². The van der Waals surface area contributed by atoms with E-state index >= 15 is 0 Å². The highest BCUT2D eigenvalue weighted by Gasteiger charge is 2.15. The van der Waals surface area contributed by atoms with Gasteiger partial charge in [0.1, 0.15) is 0 Å². The van der Waals surface area contributed by atoms with Crippen molar-refractivity contribution in [1.29, 1.82) is 0 Å². The van der Waals surface area contributed by atoms with Crippen LogP contribution in [0.1, 0.15) is 22.3 Å². The third kappa shape index (κ3) is 3.28. The molecule has 0 aliphatic heterocycles. The second kappa shape index (κ2) is 7.23. The lowest BCUT2D eigenvalue weighted by atomic mass is 10.0. The fourth-order valence-corrected chi connectivity index (χ4v) is 2.68. The summed E-state index contributed by atoms with van der Waals surface area (Å²) in [5, 5.41) is 13.7. The monoisotopic (exact) mass is 323 g/mol. The molecular weight excluding hydrogens is 302 g/mol. The summed E-state index contributed by atoms with van der Waals surface area (Å²) in [7, 11) is 1.90. The topological polar surface area (TPSA) is 82.7 Å². The van der Waals surface area contributed by atoms with Crippen molar-refractivity contribution in [3.8, 4) is 11.3 Å². The first-order valence-corrected chi connectivity index (χ1v) is 8.03. The van der Waals surface area contributed by atoms with Crippen molar-refractivity contribution in [3.05, 3.63) is 47.7 Å². The van der Waals surface area contributed by atoms with Crippen LogP contribution in [0.3, 0.4) is 0 Å². The molecule has 0 fully saturated rings. The summed E-state index contributed by atoms with van der Waals surface area (Å²) < 4.78 is 0. The number of fused-ring (bicyclic) bond motifs is 1. The number of aromatic nitrogens is 3. The van der Waals surface area contributed by atoms with E-state index in [9.17, 15) is 4.79 Å². The second-order valence-electron chi connectivity index (χ2n) is 5.72. The molecule has 2 heterocycles. The Morgan fingerprint density at radius 2 is 2.08 bits per heavy atom. The van der Waals surface area contributed by atoms with Crippen molar-refractivity contribution in [3.63, 3.8) is 0 Å². The van der Waals surface area contributed by atoms with Gasteiger partial charge < -0.3 is 10.6 Å². The fourth-order valence-electron chi connectivity index (χ4n) is 2.68. The minimum Gasteiger partial charge on any atom is -0.352 e. The van der Waals surface area contributed by atoms with Gasteiger partial charge in [0.05, 0.1) is 22.8 Å². The SMILES string of the molecule is CNCCCNC(=O)c1cc(-c2ccccc2C)nc2[nH]ncc12. The van der Waals surface area contributed by atoms with E-state index in [4.69, 9.17) is 0 Å². The van der Waals surface area contributed by atoms with Crippen LogP contribution in [0.25, 0.3) is 22.3 Å². The lowest BCUT2D eigenvalue weighted by Crippen LogP contribution is -2.26. The number of nitrogens with zero attached hydrogens (tertiary/aromatic N) is 2. The standard InChI is InChI=1S/C18H21N5O/c1-12-6-3-4-7-13(12)16-10-14(15-11-21-23-17(15)22-16)18(24)20-9-5-8-19-2/h3-4,6-7,10-11,19H,5,8-9H2,1-2H3,(H,20,24)(H,21,22,23). The number of benzene rings is 1. The maximum atomic E-state index is 12.6. The Morgan fingerprint density at radius 3 is 2.88 bits per heavy atom. The number of aromatic amines is 1. The van der Waals surface area contributed by atoms with Gasteiger partial charge in [0.15, 0.2) is 5.65 Å². The van der Waals surface area contributed by atoms with Crippen molar-refractivity contribution in [2.75, 3.05) is 20.1 Å². The largest absolute Gasteiger partial charge is 0.352 e. The Morgan fingerprint density at radius 1 is 1.25 bits per heavy atom. The van der Waals surface area contributed by atoms with Gasteiger partial charge in [-0.15, -0.1) is 0 Å². The average molecular weight is 323 g/mol. The van der Waals surface area contributed by atoms with Crippen molar-refractivity contribution in [2.24, 2.45) is 0 Å². The van der Waals surface area contributed by atoms with Crippen molar-refractivity contribution in [2.45, 2.75) is 13.3 Å². The first-order chi connectivity index (χ1) is 11.7. The molecule has 0 saturated carbocycles. The molecule has 3 N–H and O–H groups in total. The molecule has 1 amide bonds. The molecule has 3 aromatic rings. The highest BCUT2D eigenvalue weighted by molar-refractivity contribution is 6.06. The Hall–Kier alpha value is -2.73. The lowest BCUT2D eigenvalue weighted by molar-refractivity contribution is 0.0955. The quantitative estimate of drug-likeness (QED) is 0.608. The molecule has 0 aliphatic carbocycles. The molecule has 6 heteroatoms. The highest BCUT2D eigenvalue weighted by atomic mass is 16.1. The Bertz CT molecular complexity index is 855. The number of pyridine rings is 1. The molecule has 1 aromatic carbocycles. The van der Waals surface area contributed by atoms with Crippen LogP contribution in [-0.2, 0) is 0 Å². The predicted molar refractivity (Wildman–Crippen MR) is 94.9 cm³/mol. The minimum atomic E-state index is -0.102. The molecule has 0 aliphatic rings. The zero-order chi connectivity index (χ0) is 16.9. The molecule has 0 saturated heterocycles. The highest BCUT2D eigenvalue weighted by Crippen LogP contribution is 2.26. The van der Waals surface area contributed by atoms with Crippen LogP contribution in [-0.4, -0.2) is 41.2 Å². The van der Waals surface area contributed by atoms with Gasteiger partial charge in [-0.3, -0.25) is 9.89 Å². The molecule has 0 bridgehead atoms. The Kier molecular flexibility index (Phi) is 4.86. The van der Waals surface area contributed by atoms with E-state index in [0.717, 1.165) is 35.2 Å². The number of nitrogens with one attached hydrogen (secondary N) is 3. The summed E-state index contributed by atoms with van der Waals surface area (Å²) >= 11 is 0. The van der Waals surface area contributed by atoms with Gasteiger partial charge in [-0.2, -0.15) is 5.10 Å². The number of rotatable bonds is 6. The van der Waals surface area contributed by atoms with Crippen molar-refractivity contribution >= 4 is 16.9 Å². The van der Waals surface area contributed by atoms with Gasteiger partial charge in [-0.05, 0) is 38.6 Å². The van der Waals surface area contributed by atoms with E-state index < -0.39 is 0 Å². The minimum absolute atomic E-state index is 0.102. The van der Waals surface area contributed by atoms with Crippen LogP contribution >= 0.6 is 0 Å². The third-order valence-corrected chi connectivity index (χ3v) is 3.98. The maximum Gasteiger partial charge on any atom is 0.252 e. The smallest absolute Gasteiger partial charge is 0.252 e. The average Bonchev–Trinajstić information content (AvgIpc) is 3.06. The molecule has 2 aromatic heterocycles. The molecule has 6 nitrogen and oxygen atoms in total. The molecule has 0 unspecified atom stereocenters. The predicted octanol–water partition coefficient (Wildman–Crippen LogP) is 2.27. The fraction of sp³-hybridized carbons (Fsp3) is 0.278. The number of hydrogen-bond acceptors (Lipinski definition) is 4. The van der Waals surface area contributed by atoms with E-state index in [-0.39, 0.29) is 5.91 Å². The van der Waals surface area contributed by atoms with Crippen LogP contribution in [0.2, 0.25) is 0 Å². The normalized spacial score (nSPS) is 10.9. The molecule has 3 rings (SSSR count). The summed E-state index contributed by atoms with van der Waals surface area (Å²) in [6, 6.07) is 9.84. The Labute approximate surface area is 140 Å². The molecular formula is C18H21N5O. The first-order valence-electron chi connectivity index (χ1n) is 8.03. The lowest BCUT2D eigenvalue weighted by Gasteiger charge is -2.09. The number of carbonyl (C=O) groups is 1. The van der Waals surface area contributed by atoms with Crippen LogP contribution in [0.5, 0.6) is 0 Å². The summed E-state index contributed by atoms with van der Waals surface area (Å²) in [6.45, 7) is 3.53. The van der Waals surface area contributed by atoms with Gasteiger partial charge in [-0.1, -0.05) is 24.3 Å².